The van der Waals surface area contributed by atoms with Gasteiger partial charge in [0, 0.05) is 18.7 Å². The van der Waals surface area contributed by atoms with Crippen LogP contribution in [0.5, 0.6) is 0 Å². The molecule has 0 fully saturated rings. The normalized spacial score (nSPS) is 11.3. The van der Waals surface area contributed by atoms with Crippen molar-refractivity contribution in [3.8, 4) is 0 Å². The Balaban J connectivity index is 2.37. The molecule has 1 aromatic rings. The van der Waals surface area contributed by atoms with E-state index in [9.17, 15) is 13.2 Å². The van der Waals surface area contributed by atoms with E-state index < -0.39 is 10.0 Å². The molecular formula is C13H21N3O3S. The number of hydrogen-bond donors (Lipinski definition) is 3. The number of nitrogens with one attached hydrogen (secondary N) is 2. The van der Waals surface area contributed by atoms with E-state index in [1.165, 1.54) is 0 Å². The Kier molecular flexibility index (Phi) is 6.63. The molecular weight excluding hydrogens is 278 g/mol. The zero-order chi connectivity index (χ0) is 15.0. The van der Waals surface area contributed by atoms with Crippen molar-refractivity contribution in [1.29, 1.82) is 0 Å². The molecule has 0 aliphatic carbocycles. The van der Waals surface area contributed by atoms with Gasteiger partial charge in [-0.3, -0.25) is 4.79 Å². The number of sulfonamides is 1. The van der Waals surface area contributed by atoms with Crippen LogP contribution in [0.25, 0.3) is 0 Å². The molecule has 0 atom stereocenters. The summed E-state index contributed by atoms with van der Waals surface area (Å²) in [5, 5.41) is 2.75. The molecule has 1 rings (SSSR count). The molecule has 20 heavy (non-hydrogen) atoms. The zero-order valence-electron chi connectivity index (χ0n) is 11.6. The standard InChI is InChI=1S/C13H21N3O3S/c1-20(18,19)16-9-3-8-15-13(17)12-5-2-4-11(10-12)6-7-14/h2,4-5,10,16H,3,6-9,14H2,1H3,(H,15,17). The Hall–Kier alpha value is -1.44. The van der Waals surface area contributed by atoms with E-state index in [2.05, 4.69) is 10.0 Å². The van der Waals surface area contributed by atoms with E-state index in [-0.39, 0.29) is 5.91 Å². The van der Waals surface area contributed by atoms with Gasteiger partial charge in [0.1, 0.15) is 0 Å². The van der Waals surface area contributed by atoms with Gasteiger partial charge in [-0.15, -0.1) is 0 Å². The summed E-state index contributed by atoms with van der Waals surface area (Å²) in [6.07, 6.45) is 2.38. The second-order valence-corrected chi connectivity index (χ2v) is 6.35. The smallest absolute Gasteiger partial charge is 0.251 e. The minimum Gasteiger partial charge on any atom is -0.352 e. The molecule has 0 aromatic heterocycles. The summed E-state index contributed by atoms with van der Waals surface area (Å²) in [4.78, 5) is 11.9. The van der Waals surface area contributed by atoms with Crippen molar-refractivity contribution in [2.24, 2.45) is 5.73 Å². The Morgan fingerprint density at radius 2 is 2.05 bits per heavy atom. The number of benzene rings is 1. The predicted octanol–water partition coefficient (Wildman–Crippen LogP) is -0.143. The van der Waals surface area contributed by atoms with Crippen LogP contribution in [-0.4, -0.2) is 40.2 Å². The number of nitrogens with two attached hydrogens (primary N) is 1. The number of carbonyl (C=O) groups excluding carboxylic acids is 1. The topological polar surface area (TPSA) is 101 Å². The number of carbonyl (C=O) groups is 1. The fraction of sp³-hybridized carbons (Fsp3) is 0.462. The first kappa shape index (κ1) is 16.6. The Morgan fingerprint density at radius 3 is 2.70 bits per heavy atom. The Labute approximate surface area is 119 Å². The van der Waals surface area contributed by atoms with E-state index in [1.807, 2.05) is 18.2 Å². The average molecular weight is 299 g/mol. The van der Waals surface area contributed by atoms with Crippen LogP contribution in [0, 0.1) is 0 Å². The van der Waals surface area contributed by atoms with Crippen molar-refractivity contribution < 1.29 is 13.2 Å². The summed E-state index contributed by atoms with van der Waals surface area (Å²) >= 11 is 0. The van der Waals surface area contributed by atoms with Crippen molar-refractivity contribution >= 4 is 15.9 Å². The van der Waals surface area contributed by atoms with E-state index >= 15 is 0 Å². The third kappa shape index (κ3) is 6.65. The van der Waals surface area contributed by atoms with Gasteiger partial charge < -0.3 is 11.1 Å². The highest BCUT2D eigenvalue weighted by atomic mass is 32.2. The van der Waals surface area contributed by atoms with Gasteiger partial charge in [0.2, 0.25) is 10.0 Å². The highest BCUT2D eigenvalue weighted by molar-refractivity contribution is 7.88. The molecule has 1 aromatic carbocycles. The Bertz CT molecular complexity index is 544. The van der Waals surface area contributed by atoms with Crippen molar-refractivity contribution in [3.63, 3.8) is 0 Å². The highest BCUT2D eigenvalue weighted by Gasteiger charge is 2.05. The number of hydrogen-bond acceptors (Lipinski definition) is 4. The quantitative estimate of drug-likeness (QED) is 0.581. The summed E-state index contributed by atoms with van der Waals surface area (Å²) in [6, 6.07) is 7.31. The van der Waals surface area contributed by atoms with Gasteiger partial charge >= 0.3 is 0 Å². The lowest BCUT2D eigenvalue weighted by atomic mass is 10.1. The first-order valence-corrected chi connectivity index (χ1v) is 8.33. The van der Waals surface area contributed by atoms with E-state index in [0.29, 0.717) is 31.6 Å². The molecule has 0 unspecified atom stereocenters. The van der Waals surface area contributed by atoms with E-state index in [1.54, 1.807) is 6.07 Å². The summed E-state index contributed by atoms with van der Waals surface area (Å²) in [5.74, 6) is -0.164. The fourth-order valence-electron chi connectivity index (χ4n) is 1.68. The minimum atomic E-state index is -3.16. The van der Waals surface area contributed by atoms with Crippen LogP contribution in [0.1, 0.15) is 22.3 Å². The van der Waals surface area contributed by atoms with Gasteiger partial charge in [-0.1, -0.05) is 12.1 Å². The molecule has 0 heterocycles. The SMILES string of the molecule is CS(=O)(=O)NCCCNC(=O)c1cccc(CCN)c1. The molecule has 0 bridgehead atoms. The van der Waals surface area contributed by atoms with Gasteiger partial charge in [-0.25, -0.2) is 13.1 Å². The lowest BCUT2D eigenvalue weighted by molar-refractivity contribution is 0.0953. The van der Waals surface area contributed by atoms with Gasteiger partial charge in [0.15, 0.2) is 0 Å². The van der Waals surface area contributed by atoms with E-state index in [4.69, 9.17) is 5.73 Å². The maximum absolute atomic E-state index is 11.9. The molecule has 0 aliphatic heterocycles. The molecule has 0 spiro atoms. The molecule has 1 amide bonds. The first-order chi connectivity index (χ1) is 9.42. The lowest BCUT2D eigenvalue weighted by Crippen LogP contribution is -2.29. The van der Waals surface area contributed by atoms with Crippen LogP contribution in [0.15, 0.2) is 24.3 Å². The molecule has 0 radical (unpaired) electrons. The van der Waals surface area contributed by atoms with Crippen molar-refractivity contribution in [1.82, 2.24) is 10.0 Å². The molecule has 0 aliphatic rings. The van der Waals surface area contributed by atoms with Gasteiger partial charge in [0.25, 0.3) is 5.91 Å². The number of amides is 1. The van der Waals surface area contributed by atoms with Crippen molar-refractivity contribution in [2.45, 2.75) is 12.8 Å². The molecule has 4 N–H and O–H groups in total. The summed E-state index contributed by atoms with van der Waals surface area (Å²) < 4.78 is 24.0. The van der Waals surface area contributed by atoms with Crippen molar-refractivity contribution in [2.75, 3.05) is 25.9 Å². The van der Waals surface area contributed by atoms with E-state index in [0.717, 1.165) is 18.2 Å². The van der Waals surface area contributed by atoms with Crippen LogP contribution in [0.2, 0.25) is 0 Å². The Morgan fingerprint density at radius 1 is 1.30 bits per heavy atom. The van der Waals surface area contributed by atoms with Crippen LogP contribution in [-0.2, 0) is 16.4 Å². The lowest BCUT2D eigenvalue weighted by Gasteiger charge is -2.07. The van der Waals surface area contributed by atoms with Gasteiger partial charge in [-0.2, -0.15) is 0 Å². The molecule has 6 nitrogen and oxygen atoms in total. The van der Waals surface area contributed by atoms with Crippen molar-refractivity contribution in [3.05, 3.63) is 35.4 Å². The second-order valence-electron chi connectivity index (χ2n) is 4.52. The third-order valence-corrected chi connectivity index (χ3v) is 3.35. The summed E-state index contributed by atoms with van der Waals surface area (Å²) in [5.41, 5.74) is 7.10. The predicted molar refractivity (Wildman–Crippen MR) is 79.0 cm³/mol. The van der Waals surface area contributed by atoms with Crippen LogP contribution >= 0.6 is 0 Å². The summed E-state index contributed by atoms with van der Waals surface area (Å²) in [6.45, 7) is 1.27. The van der Waals surface area contributed by atoms with Crippen LogP contribution in [0.3, 0.4) is 0 Å². The third-order valence-electron chi connectivity index (χ3n) is 2.63. The fourth-order valence-corrected chi connectivity index (χ4v) is 2.20. The van der Waals surface area contributed by atoms with Gasteiger partial charge in [-0.05, 0) is 37.1 Å². The maximum Gasteiger partial charge on any atom is 0.251 e. The zero-order valence-corrected chi connectivity index (χ0v) is 12.4. The number of rotatable bonds is 8. The monoisotopic (exact) mass is 299 g/mol. The largest absolute Gasteiger partial charge is 0.352 e. The molecule has 0 saturated carbocycles. The minimum absolute atomic E-state index is 0.164. The highest BCUT2D eigenvalue weighted by Crippen LogP contribution is 2.05. The maximum atomic E-state index is 11.9. The molecule has 7 heteroatoms. The average Bonchev–Trinajstić information content (AvgIpc) is 2.37. The second kappa shape index (κ2) is 7.98. The van der Waals surface area contributed by atoms with Crippen LogP contribution < -0.4 is 15.8 Å². The van der Waals surface area contributed by atoms with Crippen LogP contribution in [0.4, 0.5) is 0 Å². The molecule has 0 saturated heterocycles. The molecule has 112 valence electrons. The van der Waals surface area contributed by atoms with Gasteiger partial charge in [0.05, 0.1) is 6.26 Å². The first-order valence-electron chi connectivity index (χ1n) is 6.44. The summed E-state index contributed by atoms with van der Waals surface area (Å²) in [7, 11) is -3.16.